The van der Waals surface area contributed by atoms with Gasteiger partial charge in [-0.2, -0.15) is 8.78 Å². The van der Waals surface area contributed by atoms with E-state index in [9.17, 15) is 13.9 Å². The van der Waals surface area contributed by atoms with Gasteiger partial charge in [0.15, 0.2) is 0 Å². The lowest BCUT2D eigenvalue weighted by atomic mass is 9.95. The normalized spacial score (nSPS) is 19.9. The molecule has 0 spiro atoms. The van der Waals surface area contributed by atoms with Gasteiger partial charge < -0.3 is 23.9 Å². The number of nitrogens with zero attached hydrogens (tertiary/aromatic N) is 5. The van der Waals surface area contributed by atoms with E-state index in [-0.39, 0.29) is 11.7 Å². The van der Waals surface area contributed by atoms with E-state index in [1.54, 1.807) is 30.6 Å². The zero-order valence-corrected chi connectivity index (χ0v) is 18.7. The Morgan fingerprint density at radius 3 is 2.57 bits per heavy atom. The second-order valence-electron chi connectivity index (χ2n) is 8.62. The first-order valence-electron chi connectivity index (χ1n) is 11.5. The molecule has 1 N–H and O–H groups in total. The van der Waals surface area contributed by atoms with E-state index in [0.717, 1.165) is 29.9 Å². The summed E-state index contributed by atoms with van der Waals surface area (Å²) < 4.78 is 38.1. The van der Waals surface area contributed by atoms with Crippen molar-refractivity contribution >= 4 is 11.6 Å². The molecule has 180 valence electrons. The third-order valence-electron chi connectivity index (χ3n) is 6.56. The Balaban J connectivity index is 1.38. The predicted molar refractivity (Wildman–Crippen MR) is 124 cm³/mol. The lowest BCUT2D eigenvalue weighted by molar-refractivity contribution is -0.0506. The first-order chi connectivity index (χ1) is 17.1. The number of hydrogen-bond donors (Lipinski definition) is 1. The summed E-state index contributed by atoms with van der Waals surface area (Å²) in [6.07, 6.45) is 5.04. The van der Waals surface area contributed by atoms with Crippen LogP contribution in [0.4, 0.5) is 14.7 Å². The number of aromatic nitrogens is 4. The average molecular weight is 479 g/mol. The van der Waals surface area contributed by atoms with Crippen LogP contribution >= 0.6 is 0 Å². The van der Waals surface area contributed by atoms with Crippen LogP contribution in [0.5, 0.6) is 5.75 Å². The van der Waals surface area contributed by atoms with Crippen LogP contribution in [0.1, 0.15) is 35.4 Å². The maximum atomic E-state index is 13.0. The molecule has 6 rings (SSSR count). The number of anilines is 1. The molecule has 1 aliphatic heterocycles. The molecular formula is C25H23F2N5O3. The number of aliphatic hydroxyl groups excluding tert-OH is 1. The largest absolute Gasteiger partial charge is 0.435 e. The molecule has 3 aromatic heterocycles. The van der Waals surface area contributed by atoms with Crippen molar-refractivity contribution in [2.45, 2.75) is 25.1 Å². The van der Waals surface area contributed by atoms with Crippen molar-refractivity contribution < 1.29 is 23.4 Å². The van der Waals surface area contributed by atoms with Gasteiger partial charge in [0.25, 0.3) is 0 Å². The smallest absolute Gasteiger partial charge is 0.387 e. The van der Waals surface area contributed by atoms with Crippen LogP contribution in [-0.2, 0) is 4.74 Å². The quantitative estimate of drug-likeness (QED) is 0.466. The number of hydrogen-bond acceptors (Lipinski definition) is 7. The highest BCUT2D eigenvalue weighted by molar-refractivity contribution is 5.65. The molecule has 4 aromatic rings. The van der Waals surface area contributed by atoms with Crippen LogP contribution in [0.15, 0.2) is 55.0 Å². The molecule has 1 fully saturated rings. The van der Waals surface area contributed by atoms with Crippen LogP contribution < -0.4 is 9.64 Å². The van der Waals surface area contributed by atoms with Crippen molar-refractivity contribution in [3.63, 3.8) is 0 Å². The molecule has 10 heteroatoms. The van der Waals surface area contributed by atoms with Gasteiger partial charge >= 0.3 is 6.61 Å². The second-order valence-corrected chi connectivity index (χ2v) is 8.62. The number of morpholine rings is 1. The molecule has 4 heterocycles. The SMILES string of the molecule is O[C@H]1C[C@@H](c2ccccc2OC(F)F)c2c1nc1ccc(-c3cnc(N4CCOCC4)nc3)cn21. The monoisotopic (exact) mass is 479 g/mol. The summed E-state index contributed by atoms with van der Waals surface area (Å²) in [6.45, 7) is -0.103. The summed E-state index contributed by atoms with van der Waals surface area (Å²) in [4.78, 5) is 15.8. The van der Waals surface area contributed by atoms with Crippen LogP contribution in [0.2, 0.25) is 0 Å². The molecule has 2 atom stereocenters. The maximum absolute atomic E-state index is 13.0. The number of benzene rings is 1. The van der Waals surface area contributed by atoms with Crippen molar-refractivity contribution in [3.8, 4) is 16.9 Å². The topological polar surface area (TPSA) is 85.0 Å². The van der Waals surface area contributed by atoms with Gasteiger partial charge in [-0.05, 0) is 24.6 Å². The van der Waals surface area contributed by atoms with Crippen molar-refractivity contribution in [1.82, 2.24) is 19.4 Å². The van der Waals surface area contributed by atoms with Gasteiger partial charge in [-0.25, -0.2) is 15.0 Å². The Morgan fingerprint density at radius 2 is 1.80 bits per heavy atom. The fourth-order valence-electron chi connectivity index (χ4n) is 4.93. The van der Waals surface area contributed by atoms with E-state index in [1.165, 1.54) is 6.07 Å². The number of imidazole rings is 1. The lowest BCUT2D eigenvalue weighted by Gasteiger charge is -2.26. The predicted octanol–water partition coefficient (Wildman–Crippen LogP) is 3.80. The zero-order valence-electron chi connectivity index (χ0n) is 18.7. The van der Waals surface area contributed by atoms with Gasteiger partial charge in [0.05, 0.1) is 30.7 Å². The first kappa shape index (κ1) is 21.9. The maximum Gasteiger partial charge on any atom is 0.387 e. The Bertz CT molecular complexity index is 1360. The second kappa shape index (κ2) is 8.86. The molecule has 0 amide bonds. The Hall–Kier alpha value is -3.63. The molecule has 1 saturated heterocycles. The lowest BCUT2D eigenvalue weighted by Crippen LogP contribution is -2.37. The molecule has 2 aliphatic rings. The third kappa shape index (κ3) is 3.98. The number of fused-ring (bicyclic) bond motifs is 3. The number of rotatable bonds is 5. The van der Waals surface area contributed by atoms with Gasteiger partial charge in [-0.15, -0.1) is 0 Å². The number of ether oxygens (including phenoxy) is 2. The van der Waals surface area contributed by atoms with Gasteiger partial charge in [-0.1, -0.05) is 18.2 Å². The van der Waals surface area contributed by atoms with Crippen molar-refractivity contribution in [1.29, 1.82) is 0 Å². The number of para-hydroxylation sites is 1. The number of aliphatic hydroxyl groups is 1. The number of halogens is 2. The fourth-order valence-corrected chi connectivity index (χ4v) is 4.93. The van der Waals surface area contributed by atoms with Crippen molar-refractivity contribution in [3.05, 3.63) is 71.9 Å². The third-order valence-corrected chi connectivity index (χ3v) is 6.56. The molecule has 1 aliphatic carbocycles. The standard InChI is InChI=1S/C25H23F2N5O3/c26-24(27)35-20-4-2-1-3-17(20)18-11-19(33)22-23(18)32-14-15(5-6-21(32)30-22)16-12-28-25(29-13-16)31-7-9-34-10-8-31/h1-6,12-14,18-19,24,33H,7-11H2/t18-,19-/m0/s1. The molecule has 0 radical (unpaired) electrons. The van der Waals surface area contributed by atoms with Crippen LogP contribution in [0.3, 0.4) is 0 Å². The van der Waals surface area contributed by atoms with Crippen molar-refractivity contribution in [2.24, 2.45) is 0 Å². The summed E-state index contributed by atoms with van der Waals surface area (Å²) >= 11 is 0. The van der Waals surface area contributed by atoms with Gasteiger partial charge in [0.1, 0.15) is 11.4 Å². The van der Waals surface area contributed by atoms with E-state index in [0.29, 0.717) is 42.5 Å². The summed E-state index contributed by atoms with van der Waals surface area (Å²) in [5.41, 5.74) is 4.30. The zero-order chi connectivity index (χ0) is 23.9. The number of alkyl halides is 2. The van der Waals surface area contributed by atoms with E-state index in [2.05, 4.69) is 19.9 Å². The summed E-state index contributed by atoms with van der Waals surface area (Å²) in [6, 6.07) is 10.5. The molecule has 35 heavy (non-hydrogen) atoms. The van der Waals surface area contributed by atoms with E-state index < -0.39 is 12.7 Å². The van der Waals surface area contributed by atoms with E-state index in [4.69, 9.17) is 9.47 Å². The Labute approximate surface area is 199 Å². The van der Waals surface area contributed by atoms with Crippen LogP contribution in [-0.4, -0.2) is 57.4 Å². The Kier molecular flexibility index (Phi) is 5.54. The summed E-state index contributed by atoms with van der Waals surface area (Å²) in [5, 5.41) is 10.7. The first-order valence-corrected chi connectivity index (χ1v) is 11.5. The molecule has 0 unspecified atom stereocenters. The van der Waals surface area contributed by atoms with E-state index >= 15 is 0 Å². The molecule has 0 saturated carbocycles. The minimum absolute atomic E-state index is 0.103. The minimum atomic E-state index is -2.93. The van der Waals surface area contributed by atoms with Crippen LogP contribution in [0.25, 0.3) is 16.8 Å². The fraction of sp³-hybridized carbons (Fsp3) is 0.320. The molecule has 1 aromatic carbocycles. The number of pyridine rings is 1. The summed E-state index contributed by atoms with van der Waals surface area (Å²) in [7, 11) is 0. The molecule has 8 nitrogen and oxygen atoms in total. The summed E-state index contributed by atoms with van der Waals surface area (Å²) in [5.74, 6) is 0.423. The highest BCUT2D eigenvalue weighted by atomic mass is 19.3. The van der Waals surface area contributed by atoms with Crippen molar-refractivity contribution in [2.75, 3.05) is 31.2 Å². The van der Waals surface area contributed by atoms with Crippen LogP contribution in [0, 0.1) is 0 Å². The molecule has 0 bridgehead atoms. The van der Waals surface area contributed by atoms with Gasteiger partial charge in [0.2, 0.25) is 5.95 Å². The minimum Gasteiger partial charge on any atom is -0.435 e. The highest BCUT2D eigenvalue weighted by Gasteiger charge is 2.37. The Morgan fingerprint density at radius 1 is 1.03 bits per heavy atom. The van der Waals surface area contributed by atoms with Gasteiger partial charge in [-0.3, -0.25) is 0 Å². The van der Waals surface area contributed by atoms with E-state index in [1.807, 2.05) is 22.7 Å². The van der Waals surface area contributed by atoms with Gasteiger partial charge in [0, 0.05) is 54.3 Å². The highest BCUT2D eigenvalue weighted by Crippen LogP contribution is 2.47. The molecular weight excluding hydrogens is 456 g/mol. The average Bonchev–Trinajstić information content (AvgIpc) is 3.42.